The van der Waals surface area contributed by atoms with Crippen LogP contribution in [0.2, 0.25) is 0 Å². The molecule has 0 atom stereocenters. The first kappa shape index (κ1) is 25.4. The summed E-state index contributed by atoms with van der Waals surface area (Å²) in [6.07, 6.45) is 0.965. The van der Waals surface area contributed by atoms with Gasteiger partial charge in [0.05, 0.1) is 33.1 Å². The average molecular weight is 592 g/mol. The van der Waals surface area contributed by atoms with Gasteiger partial charge in [-0.3, -0.25) is 0 Å². The molecule has 0 aliphatic heterocycles. The summed E-state index contributed by atoms with van der Waals surface area (Å²) >= 11 is 0. The van der Waals surface area contributed by atoms with Gasteiger partial charge in [-0.1, -0.05) is 78.9 Å². The maximum absolute atomic E-state index is 5.21. The van der Waals surface area contributed by atoms with E-state index in [-0.39, 0.29) is 0 Å². The molecule has 46 heavy (non-hydrogen) atoms. The zero-order valence-corrected chi connectivity index (χ0v) is 25.6. The van der Waals surface area contributed by atoms with Crippen molar-refractivity contribution >= 4 is 43.9 Å². The lowest BCUT2D eigenvalue weighted by molar-refractivity contribution is 0.958. The molecular weight excluding hydrogens is 562 g/mol. The Morgan fingerprint density at radius 1 is 0.478 bits per heavy atom. The van der Waals surface area contributed by atoms with Gasteiger partial charge in [0.15, 0.2) is 0 Å². The molecular formula is C41H29N5. The van der Waals surface area contributed by atoms with Crippen molar-refractivity contribution in [2.75, 3.05) is 0 Å². The fraction of sp³-hybridized carbons (Fsp3) is 0.0732. The highest BCUT2D eigenvalue weighted by atomic mass is 15.1. The summed E-state index contributed by atoms with van der Waals surface area (Å²) in [5.41, 5.74) is 15.4. The number of aryl methyl sites for hydroxylation is 2. The smallest absolute Gasteiger partial charge is 0.140 e. The van der Waals surface area contributed by atoms with Crippen molar-refractivity contribution in [3.8, 4) is 39.6 Å². The third-order valence-corrected chi connectivity index (χ3v) is 9.88. The van der Waals surface area contributed by atoms with Crippen LogP contribution in [0.3, 0.4) is 0 Å². The van der Waals surface area contributed by atoms with Crippen LogP contribution in [-0.4, -0.2) is 23.7 Å². The molecule has 0 fully saturated rings. The highest BCUT2D eigenvalue weighted by Crippen LogP contribution is 2.40. The largest absolute Gasteiger partial charge is 0.327 e. The minimum atomic E-state index is 0.957. The van der Waals surface area contributed by atoms with Crippen molar-refractivity contribution in [2.24, 2.45) is 14.1 Å². The Hall–Kier alpha value is -5.94. The van der Waals surface area contributed by atoms with Crippen LogP contribution >= 0.6 is 0 Å². The summed E-state index contributed by atoms with van der Waals surface area (Å²) in [4.78, 5) is 10.2. The second kappa shape index (κ2) is 9.29. The SMILES string of the molecule is Cn1c(-c2cccc(-n3c4ccccc4c4ccc(-c5nc6cc7c(cc6n5C)-c5ccccc5C7)cc43)c2)nc2ccccc21. The lowest BCUT2D eigenvalue weighted by Crippen LogP contribution is -1.97. The third kappa shape index (κ3) is 3.51. The molecule has 0 amide bonds. The Balaban J connectivity index is 1.16. The molecule has 5 nitrogen and oxygen atoms in total. The number of fused-ring (bicyclic) bond motifs is 8. The standard InChI is InChI=1S/C41H29N5/c1-44-37-17-8-6-15-34(37)42-40(44)26-11-9-12-29(21-26)46-36-16-7-5-14-31(36)32-19-18-27(23-38(32)46)41-43-35-22-28-20-25-10-3-4-13-30(25)33(28)24-39(35)45(41)2/h3-19,21-24H,20H2,1-2H3. The van der Waals surface area contributed by atoms with Crippen LogP contribution in [0.5, 0.6) is 0 Å². The van der Waals surface area contributed by atoms with E-state index in [2.05, 4.69) is 149 Å². The average Bonchev–Trinajstić information content (AvgIpc) is 3.82. The number of imidazole rings is 2. The van der Waals surface area contributed by atoms with Gasteiger partial charge in [0.2, 0.25) is 0 Å². The number of aromatic nitrogens is 5. The molecule has 6 aromatic carbocycles. The summed E-state index contributed by atoms with van der Waals surface area (Å²) in [6.45, 7) is 0. The number of hydrogen-bond acceptors (Lipinski definition) is 2. The van der Waals surface area contributed by atoms with Crippen molar-refractivity contribution in [1.82, 2.24) is 23.7 Å². The number of para-hydroxylation sites is 3. The number of hydrogen-bond donors (Lipinski definition) is 0. The summed E-state index contributed by atoms with van der Waals surface area (Å²) < 4.78 is 6.81. The van der Waals surface area contributed by atoms with Crippen LogP contribution in [-0.2, 0) is 20.5 Å². The summed E-state index contributed by atoms with van der Waals surface area (Å²) in [5, 5.41) is 2.46. The van der Waals surface area contributed by atoms with Crippen LogP contribution < -0.4 is 0 Å². The molecule has 0 saturated carbocycles. The van der Waals surface area contributed by atoms with Crippen molar-refractivity contribution < 1.29 is 0 Å². The molecule has 0 bridgehead atoms. The van der Waals surface area contributed by atoms with E-state index >= 15 is 0 Å². The molecule has 1 aliphatic rings. The number of benzene rings is 6. The van der Waals surface area contributed by atoms with Crippen molar-refractivity contribution in [3.63, 3.8) is 0 Å². The van der Waals surface area contributed by atoms with Crippen LogP contribution in [0.15, 0.2) is 127 Å². The highest BCUT2D eigenvalue weighted by Gasteiger charge is 2.22. The molecule has 0 radical (unpaired) electrons. The van der Waals surface area contributed by atoms with Gasteiger partial charge in [-0.05, 0) is 77.2 Å². The normalized spacial score (nSPS) is 12.5. The summed E-state index contributed by atoms with van der Waals surface area (Å²) in [5.74, 6) is 1.93. The molecule has 5 heteroatoms. The third-order valence-electron chi connectivity index (χ3n) is 9.88. The molecule has 9 aromatic rings. The lowest BCUT2D eigenvalue weighted by atomic mass is 10.1. The van der Waals surface area contributed by atoms with Crippen molar-refractivity contribution in [2.45, 2.75) is 6.42 Å². The summed E-state index contributed by atoms with van der Waals surface area (Å²) in [7, 11) is 4.23. The van der Waals surface area contributed by atoms with Crippen LogP contribution in [0, 0.1) is 0 Å². The number of nitrogens with zero attached hydrogens (tertiary/aromatic N) is 5. The first-order chi connectivity index (χ1) is 22.6. The van der Waals surface area contributed by atoms with E-state index in [9.17, 15) is 0 Å². The van der Waals surface area contributed by atoms with E-state index in [0.29, 0.717) is 0 Å². The van der Waals surface area contributed by atoms with Gasteiger partial charge in [-0.2, -0.15) is 0 Å². The van der Waals surface area contributed by atoms with Gasteiger partial charge >= 0.3 is 0 Å². The van der Waals surface area contributed by atoms with Gasteiger partial charge < -0.3 is 13.7 Å². The van der Waals surface area contributed by atoms with Gasteiger partial charge in [0.25, 0.3) is 0 Å². The Labute approximate surface area is 265 Å². The van der Waals surface area contributed by atoms with E-state index in [1.165, 1.54) is 38.5 Å². The predicted molar refractivity (Wildman–Crippen MR) is 188 cm³/mol. The second-order valence-corrected chi connectivity index (χ2v) is 12.4. The van der Waals surface area contributed by atoms with Gasteiger partial charge in [-0.25, -0.2) is 9.97 Å². The predicted octanol–water partition coefficient (Wildman–Crippen LogP) is 9.46. The second-order valence-electron chi connectivity index (χ2n) is 12.4. The quantitative estimate of drug-likeness (QED) is 0.205. The number of rotatable bonds is 3. The first-order valence-electron chi connectivity index (χ1n) is 15.8. The highest BCUT2D eigenvalue weighted by molar-refractivity contribution is 6.10. The van der Waals surface area contributed by atoms with E-state index in [1.54, 1.807) is 0 Å². The van der Waals surface area contributed by atoms with Crippen molar-refractivity contribution in [3.05, 3.63) is 139 Å². The fourth-order valence-corrected chi connectivity index (χ4v) is 7.65. The molecule has 218 valence electrons. The first-order valence-corrected chi connectivity index (χ1v) is 15.8. The molecule has 0 saturated heterocycles. The minimum Gasteiger partial charge on any atom is -0.327 e. The van der Waals surface area contributed by atoms with Crippen molar-refractivity contribution in [1.29, 1.82) is 0 Å². The van der Waals surface area contributed by atoms with Gasteiger partial charge in [0.1, 0.15) is 11.6 Å². The van der Waals surface area contributed by atoms with Crippen LogP contribution in [0.1, 0.15) is 11.1 Å². The topological polar surface area (TPSA) is 40.6 Å². The molecule has 0 spiro atoms. The van der Waals surface area contributed by atoms with E-state index in [1.807, 2.05) is 6.07 Å². The van der Waals surface area contributed by atoms with E-state index in [0.717, 1.165) is 62.5 Å². The van der Waals surface area contributed by atoms with Gasteiger partial charge in [-0.15, -0.1) is 0 Å². The maximum Gasteiger partial charge on any atom is 0.140 e. The molecule has 3 aromatic heterocycles. The monoisotopic (exact) mass is 591 g/mol. The summed E-state index contributed by atoms with van der Waals surface area (Å²) in [6, 6.07) is 45.9. The fourth-order valence-electron chi connectivity index (χ4n) is 7.65. The molecule has 0 N–H and O–H groups in total. The zero-order chi connectivity index (χ0) is 30.5. The Morgan fingerprint density at radius 2 is 1.20 bits per heavy atom. The van der Waals surface area contributed by atoms with Crippen LogP contribution in [0.4, 0.5) is 0 Å². The lowest BCUT2D eigenvalue weighted by Gasteiger charge is -2.11. The zero-order valence-electron chi connectivity index (χ0n) is 25.6. The molecule has 1 aliphatic carbocycles. The Bertz CT molecular complexity index is 2700. The van der Waals surface area contributed by atoms with E-state index in [4.69, 9.17) is 9.97 Å². The molecule has 0 unspecified atom stereocenters. The maximum atomic E-state index is 5.21. The van der Waals surface area contributed by atoms with E-state index < -0.39 is 0 Å². The molecule has 10 rings (SSSR count). The minimum absolute atomic E-state index is 0.957. The Kier molecular flexibility index (Phi) is 5.13. The molecule has 3 heterocycles. The Morgan fingerprint density at radius 3 is 2.09 bits per heavy atom. The van der Waals surface area contributed by atoms with Crippen LogP contribution in [0.25, 0.3) is 83.5 Å². The van der Waals surface area contributed by atoms with Gasteiger partial charge in [0, 0.05) is 41.7 Å².